The normalized spacial score (nSPS) is 10.2. The highest BCUT2D eigenvalue weighted by Crippen LogP contribution is 2.33. The van der Waals surface area contributed by atoms with Crippen LogP contribution in [0, 0.1) is 0 Å². The first kappa shape index (κ1) is 16.0. The smallest absolute Gasteiger partial charge is 0.341 e. The highest BCUT2D eigenvalue weighted by atomic mass is 32.1. The van der Waals surface area contributed by atoms with Crippen molar-refractivity contribution in [2.75, 3.05) is 28.3 Å². The molecule has 0 aliphatic heterocycles. The van der Waals surface area contributed by atoms with Crippen LogP contribution in [-0.4, -0.2) is 44.4 Å². The third kappa shape index (κ3) is 3.12. The molecule has 6 heteroatoms. The number of hydrogen-bond acceptors (Lipinski definition) is 5. The summed E-state index contributed by atoms with van der Waals surface area (Å²) in [4.78, 5) is 13.6. The number of thiocarbonyl (C=S) groups is 1. The Balaban J connectivity index is 2.67. The Hall–Kier alpha value is -2.34. The zero-order valence-corrected chi connectivity index (χ0v) is 13.7. The van der Waals surface area contributed by atoms with Gasteiger partial charge in [0.2, 0.25) is 0 Å². The standard InChI is InChI=1S/C16H17NO4S/c1-17(2)16(22)21-14-12(15(18)20-4)8-6-10-5-7-11(19-3)9-13(10)14/h5-9H,1-4H3. The van der Waals surface area contributed by atoms with E-state index in [-0.39, 0.29) is 5.17 Å². The fraction of sp³-hybridized carbons (Fsp3) is 0.250. The van der Waals surface area contributed by atoms with Gasteiger partial charge in [-0.3, -0.25) is 0 Å². The Morgan fingerprint density at radius 2 is 1.82 bits per heavy atom. The van der Waals surface area contributed by atoms with Crippen molar-refractivity contribution in [1.29, 1.82) is 0 Å². The van der Waals surface area contributed by atoms with Crippen molar-refractivity contribution in [3.63, 3.8) is 0 Å². The molecule has 0 heterocycles. The Morgan fingerprint density at radius 1 is 1.14 bits per heavy atom. The molecule has 0 aliphatic rings. The molecule has 0 aromatic heterocycles. The molecule has 2 aromatic carbocycles. The second-order valence-corrected chi connectivity index (χ2v) is 5.13. The van der Waals surface area contributed by atoms with Gasteiger partial charge in [-0.1, -0.05) is 12.1 Å². The van der Waals surface area contributed by atoms with E-state index in [0.29, 0.717) is 17.1 Å². The molecule has 5 nitrogen and oxygen atoms in total. The summed E-state index contributed by atoms with van der Waals surface area (Å²) in [5, 5.41) is 1.89. The maximum absolute atomic E-state index is 12.0. The van der Waals surface area contributed by atoms with Crippen LogP contribution >= 0.6 is 12.2 Å². The minimum Gasteiger partial charge on any atom is -0.497 e. The highest BCUT2D eigenvalue weighted by molar-refractivity contribution is 7.80. The van der Waals surface area contributed by atoms with E-state index >= 15 is 0 Å². The molecule has 0 fully saturated rings. The number of fused-ring (bicyclic) bond motifs is 1. The summed E-state index contributed by atoms with van der Waals surface area (Å²) in [6.45, 7) is 0. The van der Waals surface area contributed by atoms with Crippen molar-refractivity contribution in [3.05, 3.63) is 35.9 Å². The first-order valence-corrected chi connectivity index (χ1v) is 6.97. The van der Waals surface area contributed by atoms with Crippen LogP contribution in [0.5, 0.6) is 11.5 Å². The quantitative estimate of drug-likeness (QED) is 0.640. The number of methoxy groups -OCH3 is 2. The Kier molecular flexibility index (Phi) is 4.82. The first-order valence-electron chi connectivity index (χ1n) is 6.56. The van der Waals surface area contributed by atoms with Gasteiger partial charge in [0, 0.05) is 19.5 Å². The molecule has 0 N–H and O–H groups in total. The minimum absolute atomic E-state index is 0.250. The van der Waals surface area contributed by atoms with E-state index in [0.717, 1.165) is 10.8 Å². The van der Waals surface area contributed by atoms with Gasteiger partial charge in [0.05, 0.1) is 14.2 Å². The molecule has 0 radical (unpaired) electrons. The third-order valence-corrected chi connectivity index (χ3v) is 3.59. The van der Waals surface area contributed by atoms with Gasteiger partial charge in [-0.15, -0.1) is 0 Å². The summed E-state index contributed by atoms with van der Waals surface area (Å²) in [7, 11) is 6.44. The number of esters is 1. The molecule has 0 bridgehead atoms. The van der Waals surface area contributed by atoms with E-state index in [4.69, 9.17) is 26.4 Å². The second-order valence-electron chi connectivity index (χ2n) is 4.78. The minimum atomic E-state index is -0.485. The number of hydrogen-bond donors (Lipinski definition) is 0. The summed E-state index contributed by atoms with van der Waals surface area (Å²) < 4.78 is 15.8. The zero-order chi connectivity index (χ0) is 16.3. The van der Waals surface area contributed by atoms with Gasteiger partial charge in [0.15, 0.2) is 5.75 Å². The number of carbonyl (C=O) groups is 1. The molecule has 0 aliphatic carbocycles. The van der Waals surface area contributed by atoms with Crippen molar-refractivity contribution in [2.24, 2.45) is 0 Å². The van der Waals surface area contributed by atoms with Crippen molar-refractivity contribution >= 4 is 34.1 Å². The van der Waals surface area contributed by atoms with Crippen LogP contribution in [0.4, 0.5) is 0 Å². The molecule has 2 aromatic rings. The lowest BCUT2D eigenvalue weighted by molar-refractivity contribution is 0.0598. The monoisotopic (exact) mass is 319 g/mol. The van der Waals surface area contributed by atoms with Crippen molar-refractivity contribution in [3.8, 4) is 11.5 Å². The number of nitrogens with zero attached hydrogens (tertiary/aromatic N) is 1. The maximum atomic E-state index is 12.0. The first-order chi connectivity index (χ1) is 10.5. The van der Waals surface area contributed by atoms with E-state index in [1.54, 1.807) is 38.2 Å². The van der Waals surface area contributed by atoms with E-state index in [9.17, 15) is 4.79 Å². The van der Waals surface area contributed by atoms with E-state index in [1.165, 1.54) is 7.11 Å². The Labute approximate surface area is 134 Å². The van der Waals surface area contributed by atoms with E-state index in [2.05, 4.69) is 0 Å². The summed E-state index contributed by atoms with van der Waals surface area (Å²) in [5.41, 5.74) is 0.312. The molecule has 116 valence electrons. The summed E-state index contributed by atoms with van der Waals surface area (Å²) in [6.07, 6.45) is 0. The van der Waals surface area contributed by atoms with Gasteiger partial charge in [-0.25, -0.2) is 4.79 Å². The van der Waals surface area contributed by atoms with Gasteiger partial charge >= 0.3 is 5.97 Å². The van der Waals surface area contributed by atoms with Crippen LogP contribution in [0.2, 0.25) is 0 Å². The lowest BCUT2D eigenvalue weighted by Crippen LogP contribution is -2.26. The molecule has 0 saturated carbocycles. The zero-order valence-electron chi connectivity index (χ0n) is 12.9. The Morgan fingerprint density at radius 3 is 2.41 bits per heavy atom. The van der Waals surface area contributed by atoms with Crippen LogP contribution < -0.4 is 9.47 Å². The average molecular weight is 319 g/mol. The number of benzene rings is 2. The topological polar surface area (TPSA) is 48.0 Å². The molecule has 2 rings (SSSR count). The van der Waals surface area contributed by atoms with Gasteiger partial charge in [0.25, 0.3) is 5.17 Å². The molecule has 0 saturated heterocycles. The van der Waals surface area contributed by atoms with E-state index < -0.39 is 5.97 Å². The van der Waals surface area contributed by atoms with Crippen LogP contribution in [0.1, 0.15) is 10.4 Å². The Bertz CT molecular complexity index is 727. The van der Waals surface area contributed by atoms with Gasteiger partial charge < -0.3 is 19.1 Å². The summed E-state index contributed by atoms with van der Waals surface area (Å²) in [6, 6.07) is 9.02. The fourth-order valence-corrected chi connectivity index (χ4v) is 2.04. The van der Waals surface area contributed by atoms with Gasteiger partial charge in [-0.2, -0.15) is 0 Å². The lowest BCUT2D eigenvalue weighted by atomic mass is 10.0. The fourth-order valence-electron chi connectivity index (χ4n) is 1.96. The molecule has 0 atom stereocenters. The van der Waals surface area contributed by atoms with Crippen molar-refractivity contribution < 1.29 is 19.0 Å². The predicted octanol–water partition coefficient (Wildman–Crippen LogP) is 2.86. The summed E-state index contributed by atoms with van der Waals surface area (Å²) >= 11 is 5.19. The molecule has 0 amide bonds. The van der Waals surface area contributed by atoms with Crippen LogP contribution in [-0.2, 0) is 4.74 Å². The van der Waals surface area contributed by atoms with Crippen LogP contribution in [0.3, 0.4) is 0 Å². The molecule has 0 unspecified atom stereocenters. The van der Waals surface area contributed by atoms with Crippen molar-refractivity contribution in [2.45, 2.75) is 0 Å². The SMILES string of the molecule is COC(=O)c1ccc2ccc(OC)cc2c1OC(=S)N(C)C. The van der Waals surface area contributed by atoms with Crippen molar-refractivity contribution in [1.82, 2.24) is 4.90 Å². The van der Waals surface area contributed by atoms with Gasteiger partial charge in [0.1, 0.15) is 11.3 Å². The van der Waals surface area contributed by atoms with E-state index in [1.807, 2.05) is 18.2 Å². The molecular weight excluding hydrogens is 302 g/mol. The van der Waals surface area contributed by atoms with Crippen LogP contribution in [0.15, 0.2) is 30.3 Å². The second kappa shape index (κ2) is 6.62. The number of carbonyl (C=O) groups excluding carboxylic acids is 1. The largest absolute Gasteiger partial charge is 0.497 e. The highest BCUT2D eigenvalue weighted by Gasteiger charge is 2.19. The average Bonchev–Trinajstić information content (AvgIpc) is 2.53. The third-order valence-electron chi connectivity index (χ3n) is 3.14. The number of rotatable bonds is 3. The summed E-state index contributed by atoms with van der Waals surface area (Å²) in [5.74, 6) is 0.540. The number of ether oxygens (including phenoxy) is 3. The maximum Gasteiger partial charge on any atom is 0.341 e. The molecule has 22 heavy (non-hydrogen) atoms. The lowest BCUT2D eigenvalue weighted by Gasteiger charge is -2.18. The molecular formula is C16H17NO4S. The molecule has 0 spiro atoms. The van der Waals surface area contributed by atoms with Gasteiger partial charge in [-0.05, 0) is 35.8 Å². The predicted molar refractivity (Wildman–Crippen MR) is 88.8 cm³/mol. The van der Waals surface area contributed by atoms with Crippen LogP contribution in [0.25, 0.3) is 10.8 Å².